The van der Waals surface area contributed by atoms with Gasteiger partial charge in [0.2, 0.25) is 5.91 Å². The zero-order valence-corrected chi connectivity index (χ0v) is 27.8. The smallest absolute Gasteiger partial charge is 0.238 e. The van der Waals surface area contributed by atoms with E-state index in [1.54, 1.807) is 43.6 Å². The van der Waals surface area contributed by atoms with E-state index in [9.17, 15) is 18.8 Å². The SMILES string of the molecule is CCCC(=O)CNCCCOc1cc2c(Oc3ccc(CCCC(=O)C4(C(=O)Nc5ccc(F)cc5)CC4)cc3F)ccnc2cc1OC. The number of nitrogens with one attached hydrogen (secondary N) is 2. The number of carbonyl (C=O) groups excluding carboxylic acids is 3. The molecule has 49 heavy (non-hydrogen) atoms. The van der Waals surface area contributed by atoms with Crippen molar-refractivity contribution < 1.29 is 37.4 Å². The normalized spacial score (nSPS) is 13.1. The van der Waals surface area contributed by atoms with Crippen LogP contribution in [-0.2, 0) is 20.8 Å². The third-order valence-electron chi connectivity index (χ3n) is 8.50. The predicted molar refractivity (Wildman–Crippen MR) is 182 cm³/mol. The minimum Gasteiger partial charge on any atom is -0.493 e. The predicted octanol–water partition coefficient (Wildman–Crippen LogP) is 7.35. The van der Waals surface area contributed by atoms with Crippen LogP contribution in [0.5, 0.6) is 23.0 Å². The quantitative estimate of drug-likeness (QED) is 0.0784. The van der Waals surface area contributed by atoms with Crippen molar-refractivity contribution in [1.82, 2.24) is 10.3 Å². The first-order valence-electron chi connectivity index (χ1n) is 16.6. The Morgan fingerprint density at radius 1 is 0.898 bits per heavy atom. The Kier molecular flexibility index (Phi) is 11.9. The van der Waals surface area contributed by atoms with Gasteiger partial charge in [0.15, 0.2) is 23.1 Å². The van der Waals surface area contributed by atoms with Gasteiger partial charge in [-0.15, -0.1) is 0 Å². The van der Waals surface area contributed by atoms with Crippen LogP contribution in [0.3, 0.4) is 0 Å². The fraction of sp³-hybridized carbons (Fsp3) is 0.368. The van der Waals surface area contributed by atoms with Crippen LogP contribution in [0.25, 0.3) is 10.9 Å². The van der Waals surface area contributed by atoms with Crippen molar-refractivity contribution in [1.29, 1.82) is 0 Å². The minimum atomic E-state index is -1.05. The van der Waals surface area contributed by atoms with Gasteiger partial charge in [0, 0.05) is 36.2 Å². The molecule has 1 heterocycles. The molecule has 0 bridgehead atoms. The zero-order chi connectivity index (χ0) is 34.8. The summed E-state index contributed by atoms with van der Waals surface area (Å²) < 4.78 is 46.0. The van der Waals surface area contributed by atoms with E-state index in [2.05, 4.69) is 15.6 Å². The highest BCUT2D eigenvalue weighted by Gasteiger charge is 2.55. The van der Waals surface area contributed by atoms with Gasteiger partial charge in [-0.1, -0.05) is 13.0 Å². The molecule has 0 atom stereocenters. The Hall–Kier alpha value is -4.90. The Balaban J connectivity index is 1.16. The number of pyridine rings is 1. The van der Waals surface area contributed by atoms with E-state index in [-0.39, 0.29) is 29.6 Å². The molecule has 0 aliphatic heterocycles. The lowest BCUT2D eigenvalue weighted by molar-refractivity contribution is -0.133. The van der Waals surface area contributed by atoms with Crippen LogP contribution >= 0.6 is 0 Å². The third-order valence-corrected chi connectivity index (χ3v) is 8.50. The molecule has 1 saturated carbocycles. The fourth-order valence-corrected chi connectivity index (χ4v) is 5.60. The van der Waals surface area contributed by atoms with Crippen molar-refractivity contribution in [2.45, 2.75) is 58.3 Å². The van der Waals surface area contributed by atoms with Crippen molar-refractivity contribution in [3.8, 4) is 23.0 Å². The summed E-state index contributed by atoms with van der Waals surface area (Å²) in [5, 5.41) is 6.46. The van der Waals surface area contributed by atoms with Crippen LogP contribution < -0.4 is 24.8 Å². The number of methoxy groups -OCH3 is 1. The van der Waals surface area contributed by atoms with Crippen LogP contribution in [0, 0.1) is 17.0 Å². The Labute approximate surface area is 284 Å². The lowest BCUT2D eigenvalue weighted by Crippen LogP contribution is -2.31. The van der Waals surface area contributed by atoms with Crippen molar-refractivity contribution in [3.63, 3.8) is 0 Å². The molecule has 258 valence electrons. The number of hydrogen-bond acceptors (Lipinski definition) is 8. The van der Waals surface area contributed by atoms with Crippen molar-refractivity contribution in [2.24, 2.45) is 5.41 Å². The number of fused-ring (bicyclic) bond motifs is 1. The number of halogens is 2. The summed E-state index contributed by atoms with van der Waals surface area (Å²) in [5.41, 5.74) is 0.669. The van der Waals surface area contributed by atoms with Gasteiger partial charge in [0.25, 0.3) is 0 Å². The monoisotopic (exact) mass is 673 g/mol. The van der Waals surface area contributed by atoms with Gasteiger partial charge in [-0.05, 0) is 99.2 Å². The standard InChI is InChI=1S/C38H41F2N3O6/c1-3-6-28(44)24-41-18-5-20-48-35-22-29-31(23-34(35)47-2)42-19-15-32(29)49-33-14-9-25(21-30(33)40)7-4-8-36(45)38(16-17-38)37(46)43-27-12-10-26(39)11-13-27/h9-15,19,21-23,41H,3-8,16-18,20,24H2,1-2H3,(H,43,46). The van der Waals surface area contributed by atoms with E-state index in [1.807, 2.05) is 6.92 Å². The highest BCUT2D eigenvalue weighted by atomic mass is 19.1. The lowest BCUT2D eigenvalue weighted by Gasteiger charge is -2.15. The van der Waals surface area contributed by atoms with Gasteiger partial charge < -0.3 is 24.8 Å². The molecule has 2 N–H and O–H groups in total. The van der Waals surface area contributed by atoms with Crippen molar-refractivity contribution in [3.05, 3.63) is 84.1 Å². The second kappa shape index (κ2) is 16.5. The first-order chi connectivity index (χ1) is 23.7. The van der Waals surface area contributed by atoms with Gasteiger partial charge in [-0.25, -0.2) is 8.78 Å². The average molecular weight is 674 g/mol. The molecular formula is C38H41F2N3O6. The van der Waals surface area contributed by atoms with Crippen LogP contribution in [0.2, 0.25) is 0 Å². The highest BCUT2D eigenvalue weighted by molar-refractivity contribution is 6.13. The van der Waals surface area contributed by atoms with Crippen molar-refractivity contribution >= 4 is 34.1 Å². The molecule has 1 aliphatic carbocycles. The summed E-state index contributed by atoms with van der Waals surface area (Å²) in [4.78, 5) is 41.9. The molecule has 0 saturated heterocycles. The topological polar surface area (TPSA) is 116 Å². The molecule has 3 aromatic carbocycles. The first kappa shape index (κ1) is 35.4. The summed E-state index contributed by atoms with van der Waals surface area (Å²) >= 11 is 0. The molecular weight excluding hydrogens is 632 g/mol. The fourth-order valence-electron chi connectivity index (χ4n) is 5.60. The molecule has 5 rings (SSSR count). The Bertz CT molecular complexity index is 1790. The number of carbonyl (C=O) groups is 3. The number of anilines is 1. The van der Waals surface area contributed by atoms with E-state index in [0.29, 0.717) is 97.6 Å². The molecule has 0 radical (unpaired) electrons. The van der Waals surface area contributed by atoms with E-state index >= 15 is 4.39 Å². The summed E-state index contributed by atoms with van der Waals surface area (Å²) in [6.45, 7) is 3.34. The maximum absolute atomic E-state index is 15.3. The van der Waals surface area contributed by atoms with Gasteiger partial charge in [-0.3, -0.25) is 19.4 Å². The number of benzene rings is 3. The van der Waals surface area contributed by atoms with E-state index in [1.165, 1.54) is 30.3 Å². The van der Waals surface area contributed by atoms with E-state index < -0.39 is 17.0 Å². The largest absolute Gasteiger partial charge is 0.493 e. The number of ether oxygens (including phenoxy) is 3. The van der Waals surface area contributed by atoms with Crippen molar-refractivity contribution in [2.75, 3.05) is 32.1 Å². The second-order valence-corrected chi connectivity index (χ2v) is 12.2. The number of ketones is 2. The summed E-state index contributed by atoms with van der Waals surface area (Å²) in [5.74, 6) is 0.109. The summed E-state index contributed by atoms with van der Waals surface area (Å²) in [7, 11) is 1.54. The number of amides is 1. The third kappa shape index (κ3) is 9.17. The van der Waals surface area contributed by atoms with Gasteiger partial charge in [-0.2, -0.15) is 0 Å². The van der Waals surface area contributed by atoms with Crippen LogP contribution in [0.1, 0.15) is 57.4 Å². The van der Waals surface area contributed by atoms with E-state index in [4.69, 9.17) is 14.2 Å². The number of aryl methyl sites for hydroxylation is 1. The molecule has 1 aromatic heterocycles. The minimum absolute atomic E-state index is 0.0312. The first-order valence-corrected chi connectivity index (χ1v) is 16.6. The number of rotatable bonds is 19. The number of nitrogens with zero attached hydrogens (tertiary/aromatic N) is 1. The molecule has 0 spiro atoms. The molecule has 9 nitrogen and oxygen atoms in total. The van der Waals surface area contributed by atoms with E-state index in [0.717, 1.165) is 6.42 Å². The summed E-state index contributed by atoms with van der Waals surface area (Å²) in [6.07, 6.45) is 5.68. The Morgan fingerprint density at radius 3 is 2.41 bits per heavy atom. The molecule has 4 aromatic rings. The van der Waals surface area contributed by atoms with Crippen LogP contribution in [0.15, 0.2) is 66.9 Å². The van der Waals surface area contributed by atoms with Gasteiger partial charge in [0.1, 0.15) is 28.5 Å². The molecule has 1 fully saturated rings. The average Bonchev–Trinajstić information content (AvgIpc) is 3.91. The molecule has 0 unspecified atom stereocenters. The second-order valence-electron chi connectivity index (χ2n) is 12.2. The molecule has 1 amide bonds. The van der Waals surface area contributed by atoms with Gasteiger partial charge >= 0.3 is 0 Å². The number of aromatic nitrogens is 1. The molecule has 11 heteroatoms. The zero-order valence-electron chi connectivity index (χ0n) is 27.8. The highest BCUT2D eigenvalue weighted by Crippen LogP contribution is 2.48. The number of hydrogen-bond donors (Lipinski definition) is 2. The lowest BCUT2D eigenvalue weighted by atomic mass is 9.94. The Morgan fingerprint density at radius 2 is 1.69 bits per heavy atom. The maximum atomic E-state index is 15.3. The number of Topliss-reactive ketones (excluding diaryl/α,β-unsaturated/α-hetero) is 2. The molecule has 1 aliphatic rings. The van der Waals surface area contributed by atoms with Crippen LogP contribution in [-0.4, -0.2) is 49.3 Å². The van der Waals surface area contributed by atoms with Gasteiger partial charge in [0.05, 0.1) is 25.8 Å². The summed E-state index contributed by atoms with van der Waals surface area (Å²) in [6, 6.07) is 15.2. The maximum Gasteiger partial charge on any atom is 0.238 e. The van der Waals surface area contributed by atoms with Crippen LogP contribution in [0.4, 0.5) is 14.5 Å².